The Balaban J connectivity index is 1.19. The van der Waals surface area contributed by atoms with Crippen molar-refractivity contribution in [2.24, 2.45) is 0 Å². The van der Waals surface area contributed by atoms with Gasteiger partial charge in [0.15, 0.2) is 5.82 Å². The van der Waals surface area contributed by atoms with Crippen LogP contribution in [0.3, 0.4) is 0 Å². The summed E-state index contributed by atoms with van der Waals surface area (Å²) >= 11 is 0. The lowest BCUT2D eigenvalue weighted by molar-refractivity contribution is 0.893. The standard InChI is InChI=1S/C57H37N5/c1-3-15-38(16-4-1)42-19-13-20-43(35-42)40-29-31-41(32-30-40)44-21-14-22-46(36-44)55-58-56(61-51-26-10-7-23-47(51)48-24-8-11-27-52(48)61)60-57(59-55)62-53-28-12-9-25-49(53)50-34-33-45(37-54(50)62)39-17-5-2-6-18-39/h1-37H/i2D,5D,6D,7D,8D,9D,10D,11D,12D,17D,18D,23D,24D,25D,26D,27D,28D,33D,34D,37D. The molecule has 62 heavy (non-hydrogen) atoms. The van der Waals surface area contributed by atoms with E-state index in [0.29, 0.717) is 5.56 Å². The number of hydrogen-bond acceptors (Lipinski definition) is 3. The summed E-state index contributed by atoms with van der Waals surface area (Å²) in [5, 5.41) is -1.44. The van der Waals surface area contributed by atoms with Crippen LogP contribution in [0, 0.1) is 0 Å². The molecule has 0 aliphatic rings. The van der Waals surface area contributed by atoms with Gasteiger partial charge in [0, 0.05) is 27.1 Å². The highest BCUT2D eigenvalue weighted by Gasteiger charge is 2.21. The summed E-state index contributed by atoms with van der Waals surface area (Å²) in [5.74, 6) is -1.38. The first-order chi connectivity index (χ1) is 39.0. The molecule has 0 aliphatic carbocycles. The van der Waals surface area contributed by atoms with E-state index >= 15 is 0 Å². The second-order valence-corrected chi connectivity index (χ2v) is 14.2. The number of benzene rings is 9. The van der Waals surface area contributed by atoms with Crippen LogP contribution in [0.25, 0.3) is 111 Å². The van der Waals surface area contributed by atoms with Crippen molar-refractivity contribution in [2.45, 2.75) is 0 Å². The van der Waals surface area contributed by atoms with E-state index in [1.165, 1.54) is 0 Å². The average molecular weight is 812 g/mol. The minimum Gasteiger partial charge on any atom is -0.278 e. The van der Waals surface area contributed by atoms with Gasteiger partial charge in [-0.15, -0.1) is 0 Å². The van der Waals surface area contributed by atoms with E-state index in [0.717, 1.165) is 37.0 Å². The molecule has 0 saturated carbocycles. The molecule has 12 rings (SSSR count). The van der Waals surface area contributed by atoms with Crippen LogP contribution < -0.4 is 0 Å². The summed E-state index contributed by atoms with van der Waals surface area (Å²) in [5.41, 5.74) is 2.61. The number of nitrogens with zero attached hydrogens (tertiary/aromatic N) is 5. The Kier molecular flexibility index (Phi) is 4.91. The fourth-order valence-corrected chi connectivity index (χ4v) is 7.72. The number of aromatic nitrogens is 5. The Morgan fingerprint density at radius 1 is 0.306 bits per heavy atom. The zero-order chi connectivity index (χ0) is 58.4. The van der Waals surface area contributed by atoms with Gasteiger partial charge in [-0.1, -0.05) is 188 Å². The molecule has 0 aliphatic heterocycles. The molecule has 0 atom stereocenters. The van der Waals surface area contributed by atoms with Crippen molar-refractivity contribution in [2.75, 3.05) is 0 Å². The van der Waals surface area contributed by atoms with Gasteiger partial charge in [0.2, 0.25) is 11.9 Å². The summed E-state index contributed by atoms with van der Waals surface area (Å²) < 4.78 is 182. The first-order valence-corrected chi connectivity index (χ1v) is 19.3. The van der Waals surface area contributed by atoms with Gasteiger partial charge in [0.25, 0.3) is 0 Å². The lowest BCUT2D eigenvalue weighted by atomic mass is 9.96. The Labute approximate surface area is 386 Å². The fraction of sp³-hybridized carbons (Fsp3) is 0. The SMILES string of the molecule is [2H]c1c([2H])c([2H])c(-c2c([2H])c([2H])c3c4c([2H])c([2H])c([2H])c([2H])c4n(-c4nc(-c5cccc(-c6ccc(-c7cccc(-c8ccccc8)c7)cc6)c5)nc(-n5c6c([2H])c([2H])c([2H])c([2H])c6c6c([2H])c([2H])c([2H])c([2H])c65)n4)c3c2[2H])c([2H])c1[2H]. The first kappa shape index (κ1) is 20.7. The smallest absolute Gasteiger partial charge is 0.240 e. The van der Waals surface area contributed by atoms with Crippen LogP contribution in [0.4, 0.5) is 0 Å². The Morgan fingerprint density at radius 2 is 0.742 bits per heavy atom. The van der Waals surface area contributed by atoms with Crippen LogP contribution >= 0.6 is 0 Å². The van der Waals surface area contributed by atoms with Crippen molar-refractivity contribution in [1.82, 2.24) is 24.1 Å². The Bertz CT molecular complexity index is 4700. The van der Waals surface area contributed by atoms with Gasteiger partial charge >= 0.3 is 0 Å². The predicted octanol–water partition coefficient (Wildman–Crippen LogP) is 14.4. The molecule has 3 heterocycles. The molecule has 0 N–H and O–H groups in total. The van der Waals surface area contributed by atoms with E-state index in [4.69, 9.17) is 32.8 Å². The van der Waals surface area contributed by atoms with Gasteiger partial charge < -0.3 is 0 Å². The lowest BCUT2D eigenvalue weighted by Crippen LogP contribution is -2.10. The molecule has 0 amide bonds. The van der Waals surface area contributed by atoms with Crippen LogP contribution in [0.5, 0.6) is 0 Å². The summed E-state index contributed by atoms with van der Waals surface area (Å²) in [6.07, 6.45) is 0. The summed E-state index contributed by atoms with van der Waals surface area (Å²) in [6, 6.07) is 17.6. The number of hydrogen-bond donors (Lipinski definition) is 0. The van der Waals surface area contributed by atoms with Crippen LogP contribution in [-0.2, 0) is 0 Å². The van der Waals surface area contributed by atoms with Crippen molar-refractivity contribution >= 4 is 43.6 Å². The molecule has 9 aromatic carbocycles. The zero-order valence-electron chi connectivity index (χ0n) is 52.1. The predicted molar refractivity (Wildman–Crippen MR) is 256 cm³/mol. The van der Waals surface area contributed by atoms with Gasteiger partial charge in [-0.05, 0) is 80.8 Å². The molecule has 0 bridgehead atoms. The molecule has 0 fully saturated rings. The van der Waals surface area contributed by atoms with Gasteiger partial charge in [0.05, 0.1) is 49.5 Å². The number of rotatable bonds is 7. The summed E-state index contributed by atoms with van der Waals surface area (Å²) in [7, 11) is 0. The van der Waals surface area contributed by atoms with Crippen molar-refractivity contribution < 1.29 is 27.4 Å². The highest BCUT2D eigenvalue weighted by Crippen LogP contribution is 2.37. The monoisotopic (exact) mass is 811 g/mol. The minimum atomic E-state index is -0.823. The topological polar surface area (TPSA) is 48.5 Å². The molecular weight excluding hydrogens is 755 g/mol. The highest BCUT2D eigenvalue weighted by molar-refractivity contribution is 6.10. The third-order valence-electron chi connectivity index (χ3n) is 10.6. The number of fused-ring (bicyclic) bond motifs is 6. The quantitative estimate of drug-likeness (QED) is 0.161. The highest BCUT2D eigenvalue weighted by atomic mass is 15.3. The maximum absolute atomic E-state index is 9.91. The first-order valence-electron chi connectivity index (χ1n) is 29.3. The van der Waals surface area contributed by atoms with Gasteiger partial charge in [-0.25, -0.2) is 0 Å². The summed E-state index contributed by atoms with van der Waals surface area (Å²) in [4.78, 5) is 14.6. The largest absolute Gasteiger partial charge is 0.278 e. The van der Waals surface area contributed by atoms with E-state index < -0.39 is 160 Å². The average Bonchev–Trinajstić information content (AvgIpc) is 4.17. The normalized spacial score (nSPS) is 16.1. The lowest BCUT2D eigenvalue weighted by Gasteiger charge is -2.13. The minimum absolute atomic E-state index is 0.232. The second-order valence-electron chi connectivity index (χ2n) is 14.2. The van der Waals surface area contributed by atoms with Crippen molar-refractivity contribution in [3.63, 3.8) is 0 Å². The maximum Gasteiger partial charge on any atom is 0.240 e. The third kappa shape index (κ3) is 6.06. The van der Waals surface area contributed by atoms with Crippen LogP contribution in [0.1, 0.15) is 27.4 Å². The van der Waals surface area contributed by atoms with E-state index in [1.807, 2.05) is 78.9 Å². The Hall–Kier alpha value is -8.41. The molecule has 3 aromatic heterocycles. The number of para-hydroxylation sites is 3. The third-order valence-corrected chi connectivity index (χ3v) is 10.6. The van der Waals surface area contributed by atoms with E-state index in [1.54, 1.807) is 18.2 Å². The molecule has 0 unspecified atom stereocenters. The molecule has 290 valence electrons. The van der Waals surface area contributed by atoms with Crippen molar-refractivity contribution in [3.8, 4) is 67.8 Å². The van der Waals surface area contributed by atoms with Gasteiger partial charge in [0.1, 0.15) is 0 Å². The van der Waals surface area contributed by atoms with Crippen LogP contribution in [0.2, 0.25) is 0 Å². The molecular formula is C57H37N5. The van der Waals surface area contributed by atoms with Gasteiger partial charge in [-0.3, -0.25) is 9.13 Å². The van der Waals surface area contributed by atoms with Crippen molar-refractivity contribution in [3.05, 3.63) is 224 Å². The molecule has 0 spiro atoms. The fourth-order valence-electron chi connectivity index (χ4n) is 7.72. The van der Waals surface area contributed by atoms with Crippen LogP contribution in [0.15, 0.2) is 224 Å². The molecule has 0 saturated heterocycles. The van der Waals surface area contributed by atoms with E-state index in [2.05, 4.69) is 6.07 Å². The molecule has 12 aromatic rings. The molecule has 5 nitrogen and oxygen atoms in total. The second kappa shape index (κ2) is 14.7. The zero-order valence-corrected chi connectivity index (χ0v) is 32.1. The summed E-state index contributed by atoms with van der Waals surface area (Å²) in [6.45, 7) is 0. The van der Waals surface area contributed by atoms with Gasteiger partial charge in [-0.2, -0.15) is 15.0 Å². The molecule has 5 heteroatoms. The maximum atomic E-state index is 9.91. The van der Waals surface area contributed by atoms with Crippen molar-refractivity contribution in [1.29, 1.82) is 0 Å². The van der Waals surface area contributed by atoms with Crippen LogP contribution in [-0.4, -0.2) is 24.1 Å². The van der Waals surface area contributed by atoms with E-state index in [9.17, 15) is 9.60 Å². The Morgan fingerprint density at radius 3 is 1.31 bits per heavy atom. The van der Waals surface area contributed by atoms with E-state index in [-0.39, 0.29) is 38.6 Å². The molecule has 0 radical (unpaired) electrons.